The van der Waals surface area contributed by atoms with E-state index in [1.807, 2.05) is 6.07 Å². The molecule has 10 aliphatic heterocycles. The van der Waals surface area contributed by atoms with Crippen molar-refractivity contribution < 1.29 is 66.8 Å². The van der Waals surface area contributed by atoms with Crippen molar-refractivity contribution in [3.8, 4) is 0 Å². The Morgan fingerprint density at radius 2 is 1.41 bits per heavy atom. The number of fused-ring (bicyclic) bond motifs is 9. The second-order valence-electron chi connectivity index (χ2n) is 23.1. The largest absolute Gasteiger partial charge is 0.459 e. The molecule has 0 amide bonds. The highest BCUT2D eigenvalue weighted by Gasteiger charge is 2.57. The van der Waals surface area contributed by atoms with Crippen molar-refractivity contribution in [1.82, 2.24) is 0 Å². The molecular weight excluding hydrogens is 897 g/mol. The molecule has 14 nitrogen and oxygen atoms in total. The standard InChI is InChI=1S/C56H76O14/c1-31-22-42-45(27-51(58)66-42)65-50-26-44-46(70-55(50,4)28-31)23-33(3)52-41(63-44)16-10-9-15-37-38(67-52)17-11-19-40-39(62-37)18-12-20-49-56(5,69-40)29-48-43(64-49)25-47-53(68-48)36(57)24-35(61-47)21-32(2)30-60-54(59)34-13-7-6-8-14-34/h6-11,13-14,19,31,33,35-50,52-53,57H,2,12,15-18,20-30H2,1,3-5H3/b10-9-,19-11?. The zero-order valence-corrected chi connectivity index (χ0v) is 41.5. The van der Waals surface area contributed by atoms with E-state index in [-0.39, 0.29) is 116 Å². The fraction of sp³-hybridized carbons (Fsp3) is 0.750. The third-order valence-electron chi connectivity index (χ3n) is 17.4. The molecule has 70 heavy (non-hydrogen) atoms. The summed E-state index contributed by atoms with van der Waals surface area (Å²) in [6.07, 6.45) is 14.7. The van der Waals surface area contributed by atoms with Gasteiger partial charge in [0, 0.05) is 25.7 Å². The highest BCUT2D eigenvalue weighted by atomic mass is 16.6. The summed E-state index contributed by atoms with van der Waals surface area (Å²) in [5.74, 6) is -0.0736. The van der Waals surface area contributed by atoms with E-state index in [1.54, 1.807) is 24.3 Å². The summed E-state index contributed by atoms with van der Waals surface area (Å²) in [4.78, 5) is 24.9. The van der Waals surface area contributed by atoms with Gasteiger partial charge in [-0.2, -0.15) is 0 Å². The average Bonchev–Trinajstić information content (AvgIpc) is 3.62. The van der Waals surface area contributed by atoms with E-state index in [4.69, 9.17) is 52.1 Å². The van der Waals surface area contributed by atoms with Crippen LogP contribution in [0.5, 0.6) is 0 Å². The first-order valence-electron chi connectivity index (χ1n) is 26.8. The van der Waals surface area contributed by atoms with Gasteiger partial charge in [0.15, 0.2) is 0 Å². The first-order chi connectivity index (χ1) is 33.8. The third-order valence-corrected chi connectivity index (χ3v) is 17.4. The summed E-state index contributed by atoms with van der Waals surface area (Å²) in [6.45, 7) is 13.1. The fourth-order valence-electron chi connectivity index (χ4n) is 14.0. The monoisotopic (exact) mass is 973 g/mol. The molecule has 8 fully saturated rings. The van der Waals surface area contributed by atoms with E-state index in [1.165, 1.54) is 0 Å². The number of hydrogen-bond donors (Lipinski definition) is 1. The maximum atomic E-state index is 12.5. The lowest BCUT2D eigenvalue weighted by Crippen LogP contribution is -2.65. The zero-order chi connectivity index (χ0) is 48.3. The second kappa shape index (κ2) is 20.4. The predicted molar refractivity (Wildman–Crippen MR) is 255 cm³/mol. The van der Waals surface area contributed by atoms with Crippen LogP contribution in [0, 0.1) is 11.8 Å². The van der Waals surface area contributed by atoms with Gasteiger partial charge >= 0.3 is 11.9 Å². The van der Waals surface area contributed by atoms with Gasteiger partial charge in [0.1, 0.15) is 31.0 Å². The molecule has 0 aromatic heterocycles. The Hall–Kier alpha value is -3.02. The molecule has 0 saturated carbocycles. The van der Waals surface area contributed by atoms with Crippen molar-refractivity contribution in [3.63, 3.8) is 0 Å². The van der Waals surface area contributed by atoms with Gasteiger partial charge in [0.05, 0.1) is 109 Å². The number of benzene rings is 1. The van der Waals surface area contributed by atoms with Gasteiger partial charge in [-0.25, -0.2) is 4.79 Å². The average molecular weight is 973 g/mol. The number of ether oxygens (including phenoxy) is 11. The minimum Gasteiger partial charge on any atom is -0.459 e. The predicted octanol–water partition coefficient (Wildman–Crippen LogP) is 7.61. The minimum absolute atomic E-state index is 0.0876. The van der Waals surface area contributed by atoms with Gasteiger partial charge in [-0.05, 0) is 108 Å². The Kier molecular flexibility index (Phi) is 14.3. The number of rotatable bonds is 5. The SMILES string of the molecule is C=C(COC(=O)c1ccccc1)CC1CC(O)C2OC3CC4(C)OC5C=CCC6OC7C(C)CC8OC9(C)CC(C)CC%10OC(=O)CC%10OC9CC8OC7C/C=C\CC6OC5CCCC4OC3CC2O1. The van der Waals surface area contributed by atoms with Gasteiger partial charge in [0.2, 0.25) is 0 Å². The molecule has 1 aromatic carbocycles. The Labute approximate surface area is 413 Å². The van der Waals surface area contributed by atoms with Crippen LogP contribution in [0.25, 0.3) is 0 Å². The van der Waals surface area contributed by atoms with Crippen molar-refractivity contribution in [1.29, 1.82) is 0 Å². The number of aliphatic hydroxyl groups is 1. The quantitative estimate of drug-likeness (QED) is 0.227. The van der Waals surface area contributed by atoms with Crippen LogP contribution in [0.1, 0.15) is 134 Å². The molecule has 0 aliphatic carbocycles. The van der Waals surface area contributed by atoms with Crippen LogP contribution >= 0.6 is 0 Å². The minimum atomic E-state index is -0.720. The lowest BCUT2D eigenvalue weighted by Gasteiger charge is -2.55. The summed E-state index contributed by atoms with van der Waals surface area (Å²) in [5, 5.41) is 11.5. The molecule has 1 aromatic rings. The molecule has 11 rings (SSSR count). The summed E-state index contributed by atoms with van der Waals surface area (Å²) in [6, 6.07) is 8.91. The van der Waals surface area contributed by atoms with Crippen LogP contribution in [0.15, 0.2) is 66.8 Å². The third kappa shape index (κ3) is 10.3. The maximum absolute atomic E-state index is 12.5. The van der Waals surface area contributed by atoms with E-state index in [0.717, 1.165) is 56.9 Å². The molecule has 10 aliphatic rings. The highest BCUT2D eigenvalue weighted by molar-refractivity contribution is 5.89. The Bertz CT molecular complexity index is 2100. The van der Waals surface area contributed by atoms with Crippen molar-refractivity contribution >= 4 is 11.9 Å². The number of hydrogen-bond acceptors (Lipinski definition) is 14. The molecule has 22 unspecified atom stereocenters. The zero-order valence-electron chi connectivity index (χ0n) is 41.5. The van der Waals surface area contributed by atoms with Crippen LogP contribution in [0.2, 0.25) is 0 Å². The van der Waals surface area contributed by atoms with Crippen LogP contribution < -0.4 is 0 Å². The molecule has 22 atom stereocenters. The molecular formula is C56H76O14. The van der Waals surface area contributed by atoms with E-state index in [0.29, 0.717) is 56.4 Å². The molecule has 384 valence electrons. The summed E-state index contributed by atoms with van der Waals surface area (Å²) in [5.41, 5.74) is 0.0913. The maximum Gasteiger partial charge on any atom is 0.338 e. The van der Waals surface area contributed by atoms with E-state index in [9.17, 15) is 14.7 Å². The number of esters is 2. The number of aliphatic hydroxyl groups excluding tert-OH is 1. The number of carbonyl (C=O) groups excluding carboxylic acids is 2. The Morgan fingerprint density at radius 1 is 0.686 bits per heavy atom. The first-order valence-corrected chi connectivity index (χ1v) is 26.8. The smallest absolute Gasteiger partial charge is 0.338 e. The fourth-order valence-corrected chi connectivity index (χ4v) is 14.0. The second-order valence-corrected chi connectivity index (χ2v) is 23.1. The van der Waals surface area contributed by atoms with E-state index >= 15 is 0 Å². The lowest BCUT2D eigenvalue weighted by atomic mass is 9.78. The van der Waals surface area contributed by atoms with Gasteiger partial charge < -0.3 is 57.2 Å². The van der Waals surface area contributed by atoms with Crippen molar-refractivity contribution in [2.75, 3.05) is 6.61 Å². The van der Waals surface area contributed by atoms with Crippen LogP contribution in [-0.4, -0.2) is 145 Å². The van der Waals surface area contributed by atoms with Crippen LogP contribution in [0.4, 0.5) is 0 Å². The summed E-state index contributed by atoms with van der Waals surface area (Å²) in [7, 11) is 0. The summed E-state index contributed by atoms with van der Waals surface area (Å²) < 4.78 is 74.2. The molecule has 1 N–H and O–H groups in total. The topological polar surface area (TPSA) is 156 Å². The van der Waals surface area contributed by atoms with Crippen molar-refractivity contribution in [3.05, 3.63) is 72.4 Å². The molecule has 0 bridgehead atoms. The van der Waals surface area contributed by atoms with Crippen molar-refractivity contribution in [2.24, 2.45) is 11.8 Å². The highest BCUT2D eigenvalue weighted by Crippen LogP contribution is 2.48. The summed E-state index contributed by atoms with van der Waals surface area (Å²) >= 11 is 0. The lowest BCUT2D eigenvalue weighted by molar-refractivity contribution is -0.316. The Balaban J connectivity index is 0.723. The van der Waals surface area contributed by atoms with Gasteiger partial charge in [-0.1, -0.05) is 62.9 Å². The first kappa shape index (κ1) is 49.2. The van der Waals surface area contributed by atoms with E-state index in [2.05, 4.69) is 58.6 Å². The van der Waals surface area contributed by atoms with Crippen LogP contribution in [0.3, 0.4) is 0 Å². The van der Waals surface area contributed by atoms with Gasteiger partial charge in [-0.15, -0.1) is 0 Å². The number of carbonyl (C=O) groups is 2. The molecule has 8 saturated heterocycles. The molecule has 14 heteroatoms. The van der Waals surface area contributed by atoms with Gasteiger partial charge in [0.25, 0.3) is 0 Å². The Morgan fingerprint density at radius 3 is 2.26 bits per heavy atom. The molecule has 10 heterocycles. The van der Waals surface area contributed by atoms with Crippen LogP contribution in [-0.2, 0) is 56.9 Å². The van der Waals surface area contributed by atoms with Crippen molar-refractivity contribution in [2.45, 2.75) is 245 Å². The molecule has 0 spiro atoms. The molecule has 0 radical (unpaired) electrons. The normalized spacial score (nSPS) is 48.4. The van der Waals surface area contributed by atoms with Gasteiger partial charge in [-0.3, -0.25) is 4.79 Å². The van der Waals surface area contributed by atoms with E-state index < -0.39 is 29.4 Å².